The van der Waals surface area contributed by atoms with E-state index in [9.17, 15) is 17.6 Å². The number of aliphatic hydroxyl groups is 1. The van der Waals surface area contributed by atoms with Crippen LogP contribution in [0.25, 0.3) is 16.8 Å². The summed E-state index contributed by atoms with van der Waals surface area (Å²) in [6, 6.07) is 7.79. The highest BCUT2D eigenvalue weighted by atomic mass is 35.5. The molecule has 0 spiro atoms. The Labute approximate surface area is 241 Å². The number of sulfonamides is 1. The maximum absolute atomic E-state index is 13.5. The average Bonchev–Trinajstić information content (AvgIpc) is 2.95. The number of fused-ring (bicyclic) bond motifs is 1. The molecule has 0 saturated carbocycles. The van der Waals surface area contributed by atoms with Crippen LogP contribution in [0, 0.1) is 5.82 Å². The summed E-state index contributed by atoms with van der Waals surface area (Å²) in [7, 11) is -2.89. The largest absolute Gasteiger partial charge is 0.487 e. The van der Waals surface area contributed by atoms with Crippen LogP contribution in [-0.2, 0) is 10.0 Å². The summed E-state index contributed by atoms with van der Waals surface area (Å²) in [4.78, 5) is 23.4. The first-order chi connectivity index (χ1) is 19.7. The van der Waals surface area contributed by atoms with E-state index in [4.69, 9.17) is 26.2 Å². The molecular formula is C27H29ClFN5O6S. The molecule has 0 bridgehead atoms. The van der Waals surface area contributed by atoms with Gasteiger partial charge in [0, 0.05) is 36.6 Å². The zero-order chi connectivity index (χ0) is 29.6. The van der Waals surface area contributed by atoms with Crippen LogP contribution in [0.15, 0.2) is 64.7 Å². The van der Waals surface area contributed by atoms with Crippen molar-refractivity contribution in [2.24, 2.45) is 0 Å². The van der Waals surface area contributed by atoms with E-state index in [2.05, 4.69) is 19.6 Å². The smallest absolute Gasteiger partial charge is 0.300 e. The number of likely N-dealkylation sites (N-methyl/N-ethyl adjacent to an activating group) is 1. The molecule has 14 heteroatoms. The summed E-state index contributed by atoms with van der Waals surface area (Å²) in [6.07, 6.45) is 5.06. The molecule has 4 rings (SSSR count). The van der Waals surface area contributed by atoms with Crippen molar-refractivity contribution in [1.29, 1.82) is 0 Å². The predicted octanol–water partition coefficient (Wildman–Crippen LogP) is 3.44. The van der Waals surface area contributed by atoms with Gasteiger partial charge < -0.3 is 19.5 Å². The van der Waals surface area contributed by atoms with Crippen molar-refractivity contribution in [2.45, 2.75) is 18.2 Å². The van der Waals surface area contributed by atoms with Crippen molar-refractivity contribution in [1.82, 2.24) is 19.3 Å². The molecule has 0 aliphatic heterocycles. The van der Waals surface area contributed by atoms with Crippen molar-refractivity contribution in [2.75, 3.05) is 44.7 Å². The lowest BCUT2D eigenvalue weighted by molar-refractivity contribution is 0.188. The molecule has 3 aromatic heterocycles. The van der Waals surface area contributed by atoms with Gasteiger partial charge in [0.25, 0.3) is 15.6 Å². The molecule has 1 aromatic carbocycles. The van der Waals surface area contributed by atoms with Crippen LogP contribution >= 0.6 is 11.6 Å². The highest BCUT2D eigenvalue weighted by molar-refractivity contribution is 7.92. The number of rotatable bonds is 13. The Hall–Kier alpha value is -3.78. The summed E-state index contributed by atoms with van der Waals surface area (Å²) in [5, 5.41) is 8.83. The van der Waals surface area contributed by atoms with Crippen LogP contribution in [0.4, 0.5) is 10.1 Å². The molecule has 2 N–H and O–H groups in total. The Morgan fingerprint density at radius 2 is 1.93 bits per heavy atom. The fourth-order valence-electron chi connectivity index (χ4n) is 4.11. The van der Waals surface area contributed by atoms with E-state index in [1.165, 1.54) is 30.0 Å². The average molecular weight is 606 g/mol. The lowest BCUT2D eigenvalue weighted by atomic mass is 10.1. The topological polar surface area (TPSA) is 135 Å². The number of aromatic nitrogens is 3. The Balaban J connectivity index is 1.60. The van der Waals surface area contributed by atoms with Gasteiger partial charge in [0.05, 0.1) is 31.5 Å². The molecule has 0 unspecified atom stereocenters. The van der Waals surface area contributed by atoms with Gasteiger partial charge in [-0.25, -0.2) is 22.8 Å². The number of ether oxygens (including phenoxy) is 2. The van der Waals surface area contributed by atoms with Gasteiger partial charge in [-0.3, -0.25) is 13.9 Å². The number of pyridine rings is 2. The van der Waals surface area contributed by atoms with Crippen molar-refractivity contribution in [3.63, 3.8) is 0 Å². The molecule has 0 saturated heterocycles. The van der Waals surface area contributed by atoms with Gasteiger partial charge in [0.2, 0.25) is 11.6 Å². The predicted molar refractivity (Wildman–Crippen MR) is 153 cm³/mol. The highest BCUT2D eigenvalue weighted by Gasteiger charge is 2.21. The number of hydrogen-bond acceptors (Lipinski definition) is 9. The van der Waals surface area contributed by atoms with Crippen LogP contribution in [0.1, 0.15) is 13.3 Å². The van der Waals surface area contributed by atoms with E-state index in [0.29, 0.717) is 42.9 Å². The first kappa shape index (κ1) is 30.2. The van der Waals surface area contributed by atoms with Gasteiger partial charge in [-0.15, -0.1) is 0 Å². The molecule has 0 aliphatic rings. The molecule has 11 nitrogen and oxygen atoms in total. The van der Waals surface area contributed by atoms with Gasteiger partial charge in [-0.1, -0.05) is 18.5 Å². The van der Waals surface area contributed by atoms with E-state index in [0.717, 1.165) is 24.7 Å². The van der Waals surface area contributed by atoms with Gasteiger partial charge in [-0.05, 0) is 49.4 Å². The second kappa shape index (κ2) is 13.3. The number of anilines is 1. The second-order valence-corrected chi connectivity index (χ2v) is 11.0. The third-order valence-corrected chi connectivity index (χ3v) is 8.06. The number of nitrogens with one attached hydrogen (secondary N) is 1. The molecule has 0 fully saturated rings. The van der Waals surface area contributed by atoms with E-state index >= 15 is 0 Å². The zero-order valence-corrected chi connectivity index (χ0v) is 24.0. The standard InChI is InChI=1S/C27H29ClFN5O6S/c1-3-33(10-11-35)9-4-12-40-23-16-30-25-8-5-18(17-34(25)27(23)36)19-13-22(26(39-2)31-15-19)32-41(37,38)24-7-6-20(29)14-21(24)28/h5-8,13-17,32,35H,3-4,9-12H2,1-2H3. The Bertz CT molecular complexity index is 1700. The number of nitrogens with zero attached hydrogens (tertiary/aromatic N) is 4. The highest BCUT2D eigenvalue weighted by Crippen LogP contribution is 2.31. The minimum absolute atomic E-state index is 0.00787. The molecule has 0 amide bonds. The lowest BCUT2D eigenvalue weighted by Gasteiger charge is -2.18. The molecule has 41 heavy (non-hydrogen) atoms. The summed E-state index contributed by atoms with van der Waals surface area (Å²) in [5.41, 5.74) is 0.997. The number of halogens is 2. The molecule has 3 heterocycles. The Morgan fingerprint density at radius 1 is 1.12 bits per heavy atom. The zero-order valence-electron chi connectivity index (χ0n) is 22.4. The number of aliphatic hydroxyl groups excluding tert-OH is 1. The number of benzene rings is 1. The van der Waals surface area contributed by atoms with E-state index in [1.54, 1.807) is 18.3 Å². The summed E-state index contributed by atoms with van der Waals surface area (Å²) < 4.78 is 54.1. The fraction of sp³-hybridized carbons (Fsp3) is 0.296. The maximum atomic E-state index is 13.5. The first-order valence-electron chi connectivity index (χ1n) is 12.7. The lowest BCUT2D eigenvalue weighted by Crippen LogP contribution is -2.29. The van der Waals surface area contributed by atoms with Crippen LogP contribution < -0.4 is 19.8 Å². The molecule has 0 aliphatic carbocycles. The number of methoxy groups -OCH3 is 1. The summed E-state index contributed by atoms with van der Waals surface area (Å²) >= 11 is 5.97. The summed E-state index contributed by atoms with van der Waals surface area (Å²) in [5.74, 6) is -0.597. The minimum atomic E-state index is -4.23. The number of hydrogen-bond donors (Lipinski definition) is 2. The third kappa shape index (κ3) is 7.11. The first-order valence-corrected chi connectivity index (χ1v) is 14.5. The van der Waals surface area contributed by atoms with Crippen molar-refractivity contribution >= 4 is 33.0 Å². The summed E-state index contributed by atoms with van der Waals surface area (Å²) in [6.45, 7) is 4.47. The molecular weight excluding hydrogens is 577 g/mol. The monoisotopic (exact) mass is 605 g/mol. The van der Waals surface area contributed by atoms with Crippen LogP contribution in [-0.4, -0.2) is 72.8 Å². The van der Waals surface area contributed by atoms with Crippen molar-refractivity contribution in [3.8, 4) is 22.8 Å². The maximum Gasteiger partial charge on any atom is 0.300 e. The van der Waals surface area contributed by atoms with E-state index in [-0.39, 0.29) is 33.8 Å². The van der Waals surface area contributed by atoms with E-state index < -0.39 is 21.4 Å². The van der Waals surface area contributed by atoms with Gasteiger partial charge in [-0.2, -0.15) is 0 Å². The molecule has 0 radical (unpaired) electrons. The van der Waals surface area contributed by atoms with Crippen LogP contribution in [0.3, 0.4) is 0 Å². The normalized spacial score (nSPS) is 11.7. The Kier molecular flexibility index (Phi) is 9.76. The fourth-order valence-corrected chi connectivity index (χ4v) is 5.69. The van der Waals surface area contributed by atoms with Gasteiger partial charge in [0.1, 0.15) is 22.0 Å². The van der Waals surface area contributed by atoms with Gasteiger partial charge >= 0.3 is 0 Å². The quantitative estimate of drug-likeness (QED) is 0.220. The molecule has 218 valence electrons. The van der Waals surface area contributed by atoms with Crippen molar-refractivity contribution in [3.05, 3.63) is 76.2 Å². The van der Waals surface area contributed by atoms with Crippen LogP contribution in [0.5, 0.6) is 11.6 Å². The molecule has 4 aromatic rings. The SMILES string of the molecule is CCN(CCO)CCCOc1cnc2ccc(-c3cnc(OC)c(NS(=O)(=O)c4ccc(F)cc4Cl)c3)cn2c1=O. The second-order valence-electron chi connectivity index (χ2n) is 8.89. The van der Waals surface area contributed by atoms with Crippen LogP contribution in [0.2, 0.25) is 5.02 Å². The van der Waals surface area contributed by atoms with Gasteiger partial charge in [0.15, 0.2) is 0 Å². The molecule has 0 atom stereocenters. The Morgan fingerprint density at radius 3 is 2.63 bits per heavy atom. The van der Waals surface area contributed by atoms with Crippen molar-refractivity contribution < 1.29 is 27.4 Å². The minimum Gasteiger partial charge on any atom is -0.487 e. The van der Waals surface area contributed by atoms with E-state index in [1.807, 2.05) is 6.92 Å². The third-order valence-electron chi connectivity index (χ3n) is 6.22.